The van der Waals surface area contributed by atoms with Gasteiger partial charge in [-0.15, -0.1) is 11.6 Å². The molecule has 180 valence electrons. The molecule has 0 saturated carbocycles. The van der Waals surface area contributed by atoms with Gasteiger partial charge in [0.05, 0.1) is 0 Å². The number of rotatable bonds is 15. The van der Waals surface area contributed by atoms with Gasteiger partial charge in [0, 0.05) is 22.9 Å². The van der Waals surface area contributed by atoms with Gasteiger partial charge < -0.3 is 10.1 Å². The van der Waals surface area contributed by atoms with Gasteiger partial charge in [-0.1, -0.05) is 71.6 Å². The predicted octanol–water partition coefficient (Wildman–Crippen LogP) is 6.68. The number of anilines is 1. The van der Waals surface area contributed by atoms with Gasteiger partial charge >= 0.3 is 5.97 Å². The molecule has 0 heterocycles. The summed E-state index contributed by atoms with van der Waals surface area (Å²) in [6.07, 6.45) is 7.19. The summed E-state index contributed by atoms with van der Waals surface area (Å²) < 4.78 is 5.64. The van der Waals surface area contributed by atoms with Gasteiger partial charge in [0.2, 0.25) is 5.91 Å². The molecule has 2 atom stereocenters. The monoisotopic (exact) mass is 465 g/mol. The van der Waals surface area contributed by atoms with Gasteiger partial charge in [-0.05, 0) is 37.8 Å². The zero-order chi connectivity index (χ0) is 24.0. The number of esters is 1. The Labute approximate surface area is 198 Å². The van der Waals surface area contributed by atoms with Gasteiger partial charge in [-0.2, -0.15) is 0 Å². The highest BCUT2D eigenvalue weighted by atomic mass is 35.5. The molecule has 0 bridgehead atoms. The number of nitrogens with one attached hydrogen (secondary N) is 1. The van der Waals surface area contributed by atoms with Gasteiger partial charge in [0.1, 0.15) is 18.3 Å². The van der Waals surface area contributed by atoms with E-state index in [0.29, 0.717) is 24.9 Å². The van der Waals surface area contributed by atoms with Crippen molar-refractivity contribution >= 4 is 34.9 Å². The number of hydrogen-bond acceptors (Lipinski definition) is 4. The molecular formula is C26H40ClNO4. The molecule has 1 N–H and O–H groups in total. The summed E-state index contributed by atoms with van der Waals surface area (Å²) in [4.78, 5) is 36.7. The lowest BCUT2D eigenvalue weighted by atomic mass is 9.87. The summed E-state index contributed by atoms with van der Waals surface area (Å²) in [6, 6.07) is 9.02. The normalized spacial score (nSPS) is 13.3. The first-order valence-corrected chi connectivity index (χ1v) is 12.3. The van der Waals surface area contributed by atoms with Gasteiger partial charge in [-0.25, -0.2) is 0 Å². The standard InChI is InChI=1S/C26H40ClNO4/c1-5-6-7-8-12-15-22(17-16-20(27)18-23(29)26(2,3)4)32-25(31)19-24(30)28-21-13-10-9-11-14-21/h9-11,13-14,20,22H,5-8,12,15-19H2,1-4H3,(H,28,30). The zero-order valence-corrected chi connectivity index (χ0v) is 20.9. The topological polar surface area (TPSA) is 72.5 Å². The lowest BCUT2D eigenvalue weighted by Gasteiger charge is -2.21. The largest absolute Gasteiger partial charge is 0.462 e. The minimum atomic E-state index is -0.533. The Morgan fingerprint density at radius 1 is 0.969 bits per heavy atom. The minimum Gasteiger partial charge on any atom is -0.462 e. The Bertz CT molecular complexity index is 700. The van der Waals surface area contributed by atoms with Crippen LogP contribution in [0.15, 0.2) is 30.3 Å². The first kappa shape index (κ1) is 28.2. The highest BCUT2D eigenvalue weighted by Crippen LogP contribution is 2.23. The Hall–Kier alpha value is -1.88. The molecule has 1 rings (SSSR count). The van der Waals surface area contributed by atoms with Crippen molar-refractivity contribution in [3.63, 3.8) is 0 Å². The van der Waals surface area contributed by atoms with Crippen molar-refractivity contribution in [3.8, 4) is 0 Å². The van der Waals surface area contributed by atoms with E-state index in [2.05, 4.69) is 12.2 Å². The smallest absolute Gasteiger partial charge is 0.315 e. The highest BCUT2D eigenvalue weighted by molar-refractivity contribution is 6.21. The molecule has 0 aliphatic carbocycles. The number of unbranched alkanes of at least 4 members (excludes halogenated alkanes) is 4. The first-order valence-electron chi connectivity index (χ1n) is 11.8. The molecule has 1 aromatic rings. The lowest BCUT2D eigenvalue weighted by Crippen LogP contribution is -2.26. The Morgan fingerprint density at radius 2 is 1.62 bits per heavy atom. The number of Topliss-reactive ketones (excluding diaryl/α,β-unsaturated/α-hetero) is 1. The second-order valence-electron chi connectivity index (χ2n) is 9.46. The van der Waals surface area contributed by atoms with E-state index in [1.807, 2.05) is 39.0 Å². The van der Waals surface area contributed by atoms with Crippen molar-refractivity contribution in [1.29, 1.82) is 0 Å². The number of para-hydroxylation sites is 1. The van der Waals surface area contributed by atoms with Crippen LogP contribution in [0.5, 0.6) is 0 Å². The number of carbonyl (C=O) groups is 3. The van der Waals surface area contributed by atoms with E-state index in [-0.39, 0.29) is 23.7 Å². The summed E-state index contributed by atoms with van der Waals surface area (Å²) >= 11 is 6.41. The van der Waals surface area contributed by atoms with Gasteiger partial charge in [-0.3, -0.25) is 14.4 Å². The van der Waals surface area contributed by atoms with E-state index >= 15 is 0 Å². The van der Waals surface area contributed by atoms with Crippen LogP contribution in [0.25, 0.3) is 0 Å². The summed E-state index contributed by atoms with van der Waals surface area (Å²) in [6.45, 7) is 7.84. The third-order valence-corrected chi connectivity index (χ3v) is 5.71. The van der Waals surface area contributed by atoms with E-state index in [1.54, 1.807) is 12.1 Å². The van der Waals surface area contributed by atoms with E-state index in [1.165, 1.54) is 12.8 Å². The Kier molecular flexibility index (Phi) is 13.2. The van der Waals surface area contributed by atoms with Crippen molar-refractivity contribution in [2.45, 2.75) is 103 Å². The molecule has 0 spiro atoms. The zero-order valence-electron chi connectivity index (χ0n) is 20.1. The van der Waals surface area contributed by atoms with Crippen molar-refractivity contribution in [2.75, 3.05) is 5.32 Å². The van der Waals surface area contributed by atoms with E-state index in [4.69, 9.17) is 16.3 Å². The molecule has 1 amide bonds. The number of amides is 1. The van der Waals surface area contributed by atoms with E-state index in [9.17, 15) is 14.4 Å². The fraction of sp³-hybridized carbons (Fsp3) is 0.654. The second kappa shape index (κ2) is 15.0. The van der Waals surface area contributed by atoms with Crippen molar-refractivity contribution in [3.05, 3.63) is 30.3 Å². The average molecular weight is 466 g/mol. The molecule has 6 heteroatoms. The first-order chi connectivity index (χ1) is 15.1. The van der Waals surface area contributed by atoms with E-state index in [0.717, 1.165) is 25.7 Å². The Morgan fingerprint density at radius 3 is 2.25 bits per heavy atom. The fourth-order valence-corrected chi connectivity index (χ4v) is 3.57. The molecule has 0 saturated heterocycles. The molecule has 5 nitrogen and oxygen atoms in total. The van der Waals surface area contributed by atoms with Crippen molar-refractivity contribution in [2.24, 2.45) is 5.41 Å². The molecule has 0 fully saturated rings. The van der Waals surface area contributed by atoms with Crippen LogP contribution in [0, 0.1) is 5.41 Å². The van der Waals surface area contributed by atoms with Crippen molar-refractivity contribution < 1.29 is 19.1 Å². The number of benzene rings is 1. The third kappa shape index (κ3) is 12.8. The molecule has 0 aliphatic rings. The number of carbonyl (C=O) groups excluding carboxylic acids is 3. The van der Waals surface area contributed by atoms with Crippen LogP contribution in [0.1, 0.15) is 91.9 Å². The molecule has 0 aliphatic heterocycles. The number of ether oxygens (including phenoxy) is 1. The van der Waals surface area contributed by atoms with Gasteiger partial charge in [0.15, 0.2) is 0 Å². The van der Waals surface area contributed by atoms with Crippen LogP contribution in [0.3, 0.4) is 0 Å². The maximum Gasteiger partial charge on any atom is 0.315 e. The van der Waals surface area contributed by atoms with Crippen LogP contribution in [0.2, 0.25) is 0 Å². The summed E-state index contributed by atoms with van der Waals surface area (Å²) in [5.74, 6) is -0.800. The third-order valence-electron chi connectivity index (χ3n) is 5.34. The molecule has 2 unspecified atom stereocenters. The summed E-state index contributed by atoms with van der Waals surface area (Å²) in [5, 5.41) is 2.41. The summed E-state index contributed by atoms with van der Waals surface area (Å²) in [7, 11) is 0. The number of halogens is 1. The lowest BCUT2D eigenvalue weighted by molar-refractivity contribution is -0.151. The number of hydrogen-bond donors (Lipinski definition) is 1. The average Bonchev–Trinajstić information content (AvgIpc) is 2.71. The molecular weight excluding hydrogens is 426 g/mol. The summed E-state index contributed by atoms with van der Waals surface area (Å²) in [5.41, 5.74) is 0.232. The number of alkyl halides is 1. The second-order valence-corrected chi connectivity index (χ2v) is 10.1. The Balaban J connectivity index is 2.54. The van der Waals surface area contributed by atoms with Crippen LogP contribution < -0.4 is 5.32 Å². The maximum atomic E-state index is 12.4. The molecule has 0 aromatic heterocycles. The SMILES string of the molecule is CCCCCCCC(CCC(Cl)CC(=O)C(C)(C)C)OC(=O)CC(=O)Nc1ccccc1. The fourth-order valence-electron chi connectivity index (χ4n) is 3.30. The molecule has 1 aromatic carbocycles. The van der Waals surface area contributed by atoms with Crippen molar-refractivity contribution in [1.82, 2.24) is 0 Å². The van der Waals surface area contributed by atoms with Crippen LogP contribution in [-0.2, 0) is 19.1 Å². The number of ketones is 1. The predicted molar refractivity (Wildman–Crippen MR) is 131 cm³/mol. The van der Waals surface area contributed by atoms with Crippen LogP contribution in [0.4, 0.5) is 5.69 Å². The quantitative estimate of drug-likeness (QED) is 0.136. The highest BCUT2D eigenvalue weighted by Gasteiger charge is 2.25. The minimum absolute atomic E-state index is 0.128. The van der Waals surface area contributed by atoms with Crippen LogP contribution in [-0.4, -0.2) is 29.1 Å². The van der Waals surface area contributed by atoms with Gasteiger partial charge in [0.25, 0.3) is 0 Å². The van der Waals surface area contributed by atoms with Crippen LogP contribution >= 0.6 is 11.6 Å². The molecule has 32 heavy (non-hydrogen) atoms. The molecule has 0 radical (unpaired) electrons. The maximum absolute atomic E-state index is 12.4. The van der Waals surface area contributed by atoms with E-state index < -0.39 is 17.3 Å².